The van der Waals surface area contributed by atoms with E-state index < -0.39 is 11.9 Å². The first-order valence-corrected chi connectivity index (χ1v) is 12.2. The average Bonchev–Trinajstić information content (AvgIpc) is 3.63. The second-order valence-electron chi connectivity index (χ2n) is 8.88. The number of pyridine rings is 2. The molecule has 0 aliphatic carbocycles. The van der Waals surface area contributed by atoms with Gasteiger partial charge in [-0.2, -0.15) is 23.4 Å². The van der Waals surface area contributed by atoms with Gasteiger partial charge in [-0.05, 0) is 43.3 Å². The lowest BCUT2D eigenvalue weighted by Crippen LogP contribution is -2.07. The molecular weight excluding hydrogens is 501 g/mol. The Morgan fingerprint density at radius 3 is 1.54 bits per heavy atom. The molecule has 0 bridgehead atoms. The van der Waals surface area contributed by atoms with Gasteiger partial charge in [0.05, 0.1) is 28.5 Å². The first-order chi connectivity index (χ1) is 18.9. The number of alkyl halides is 3. The van der Waals surface area contributed by atoms with Crippen molar-refractivity contribution in [2.24, 2.45) is 0 Å². The van der Waals surface area contributed by atoms with E-state index in [1.807, 2.05) is 78.5 Å². The summed E-state index contributed by atoms with van der Waals surface area (Å²) in [6.07, 6.45) is 2.06. The molecular formula is C30H21F3N6. The van der Waals surface area contributed by atoms with Crippen molar-refractivity contribution >= 4 is 0 Å². The minimum Gasteiger partial charge on any atom is -0.254 e. The first-order valence-electron chi connectivity index (χ1n) is 12.2. The number of nitrogens with zero attached hydrogens (tertiary/aromatic N) is 6. The molecule has 192 valence electrons. The maximum Gasteiger partial charge on any atom is 0.435 e. The average molecular weight is 523 g/mol. The Morgan fingerprint density at radius 1 is 0.564 bits per heavy atom. The smallest absolute Gasteiger partial charge is 0.254 e. The highest BCUT2D eigenvalue weighted by molar-refractivity contribution is 5.91. The van der Waals surface area contributed by atoms with E-state index in [1.165, 1.54) is 10.9 Å². The lowest BCUT2D eigenvalue weighted by atomic mass is 9.95. The zero-order valence-electron chi connectivity index (χ0n) is 20.7. The van der Waals surface area contributed by atoms with Crippen molar-refractivity contribution < 1.29 is 13.2 Å². The Morgan fingerprint density at radius 2 is 1.05 bits per heavy atom. The SMILES string of the molecule is Cc1ccn(-c2ccccc2-c2cccnc2-c2ncccc2-c2ccccc2-n2ccc(C(F)(F)F)n2)n1. The van der Waals surface area contributed by atoms with Crippen LogP contribution in [-0.4, -0.2) is 29.5 Å². The molecule has 39 heavy (non-hydrogen) atoms. The molecule has 0 atom stereocenters. The fourth-order valence-corrected chi connectivity index (χ4v) is 4.58. The van der Waals surface area contributed by atoms with Gasteiger partial charge in [0, 0.05) is 47.0 Å². The zero-order valence-corrected chi connectivity index (χ0v) is 20.7. The quantitative estimate of drug-likeness (QED) is 0.241. The fraction of sp³-hybridized carbons (Fsp3) is 0.0667. The van der Waals surface area contributed by atoms with Crippen molar-refractivity contribution in [1.82, 2.24) is 29.5 Å². The molecule has 4 aromatic heterocycles. The summed E-state index contributed by atoms with van der Waals surface area (Å²) in [7, 11) is 0. The monoisotopic (exact) mass is 522 g/mol. The Balaban J connectivity index is 1.53. The van der Waals surface area contributed by atoms with Gasteiger partial charge < -0.3 is 0 Å². The number of rotatable bonds is 5. The van der Waals surface area contributed by atoms with Crippen molar-refractivity contribution in [2.75, 3.05) is 0 Å². The number of hydrogen-bond donors (Lipinski definition) is 0. The molecule has 0 unspecified atom stereocenters. The van der Waals surface area contributed by atoms with Gasteiger partial charge >= 0.3 is 6.18 Å². The molecule has 6 nitrogen and oxygen atoms in total. The number of hydrogen-bond acceptors (Lipinski definition) is 4. The molecule has 0 saturated carbocycles. The molecule has 0 N–H and O–H groups in total. The van der Waals surface area contributed by atoms with Crippen LogP contribution in [-0.2, 0) is 6.18 Å². The zero-order chi connectivity index (χ0) is 27.0. The largest absolute Gasteiger partial charge is 0.435 e. The van der Waals surface area contributed by atoms with E-state index in [9.17, 15) is 13.2 Å². The molecule has 0 spiro atoms. The number of aromatic nitrogens is 6. The lowest BCUT2D eigenvalue weighted by Gasteiger charge is -2.16. The van der Waals surface area contributed by atoms with Gasteiger partial charge in [0.25, 0.3) is 0 Å². The predicted molar refractivity (Wildman–Crippen MR) is 142 cm³/mol. The minimum atomic E-state index is -4.54. The second-order valence-corrected chi connectivity index (χ2v) is 8.88. The third kappa shape index (κ3) is 4.59. The summed E-state index contributed by atoms with van der Waals surface area (Å²) < 4.78 is 42.9. The van der Waals surface area contributed by atoms with Gasteiger partial charge in [0.1, 0.15) is 0 Å². The summed E-state index contributed by atoms with van der Waals surface area (Å²) >= 11 is 0. The molecule has 2 aromatic carbocycles. The van der Waals surface area contributed by atoms with E-state index in [2.05, 4.69) is 10.2 Å². The Bertz CT molecular complexity index is 1780. The van der Waals surface area contributed by atoms with Crippen LogP contribution in [0.15, 0.2) is 110 Å². The summed E-state index contributed by atoms with van der Waals surface area (Å²) in [5.41, 5.74) is 5.68. The topological polar surface area (TPSA) is 61.4 Å². The summed E-state index contributed by atoms with van der Waals surface area (Å²) in [5, 5.41) is 8.39. The van der Waals surface area contributed by atoms with Crippen LogP contribution in [0.4, 0.5) is 13.2 Å². The maximum absolute atomic E-state index is 13.3. The van der Waals surface area contributed by atoms with E-state index in [4.69, 9.17) is 9.97 Å². The second kappa shape index (κ2) is 9.68. The minimum absolute atomic E-state index is 0.493. The van der Waals surface area contributed by atoms with Gasteiger partial charge in [-0.1, -0.05) is 48.5 Å². The molecule has 6 aromatic rings. The van der Waals surface area contributed by atoms with E-state index in [-0.39, 0.29) is 0 Å². The molecule has 0 radical (unpaired) electrons. The van der Waals surface area contributed by atoms with Crippen LogP contribution >= 0.6 is 0 Å². The highest BCUT2D eigenvalue weighted by Crippen LogP contribution is 2.39. The van der Waals surface area contributed by atoms with Crippen molar-refractivity contribution in [3.8, 4) is 45.0 Å². The molecule has 0 aliphatic rings. The van der Waals surface area contributed by atoms with E-state index in [0.717, 1.165) is 28.6 Å². The van der Waals surface area contributed by atoms with E-state index in [0.29, 0.717) is 28.2 Å². The van der Waals surface area contributed by atoms with Crippen molar-refractivity contribution in [3.05, 3.63) is 121 Å². The molecule has 9 heteroatoms. The highest BCUT2D eigenvalue weighted by Gasteiger charge is 2.34. The van der Waals surface area contributed by atoms with Crippen LogP contribution in [0.3, 0.4) is 0 Å². The molecule has 0 fully saturated rings. The standard InChI is InChI=1S/C30H21F3N6/c1-20-14-18-38(36-20)25-12-4-2-8-21(25)23-10-6-16-34-28(23)29-24(11-7-17-35-29)22-9-3-5-13-26(22)39-19-15-27(37-39)30(31,32)33/h2-19H,1H3. The lowest BCUT2D eigenvalue weighted by molar-refractivity contribution is -0.141. The Labute approximate surface area is 222 Å². The van der Waals surface area contributed by atoms with Crippen LogP contribution in [0.2, 0.25) is 0 Å². The van der Waals surface area contributed by atoms with Gasteiger partial charge in [0.15, 0.2) is 5.69 Å². The van der Waals surface area contributed by atoms with Crippen LogP contribution in [0.5, 0.6) is 0 Å². The van der Waals surface area contributed by atoms with Crippen LogP contribution < -0.4 is 0 Å². The predicted octanol–water partition coefficient (Wildman–Crippen LogP) is 7.18. The van der Waals surface area contributed by atoms with E-state index >= 15 is 0 Å². The van der Waals surface area contributed by atoms with E-state index in [1.54, 1.807) is 30.6 Å². The van der Waals surface area contributed by atoms with Crippen molar-refractivity contribution in [2.45, 2.75) is 13.1 Å². The Kier molecular flexibility index (Phi) is 6.03. The van der Waals surface area contributed by atoms with Crippen LogP contribution in [0.1, 0.15) is 11.4 Å². The number of para-hydroxylation sites is 2. The van der Waals surface area contributed by atoms with Crippen molar-refractivity contribution in [3.63, 3.8) is 0 Å². The van der Waals surface area contributed by atoms with Gasteiger partial charge in [-0.15, -0.1) is 0 Å². The molecule has 4 heterocycles. The number of halogens is 3. The molecule has 6 rings (SSSR count). The van der Waals surface area contributed by atoms with Gasteiger partial charge in [-0.25, -0.2) is 9.36 Å². The molecule has 0 amide bonds. The summed E-state index contributed by atoms with van der Waals surface area (Å²) in [6.45, 7) is 1.93. The first kappa shape index (κ1) is 24.3. The highest BCUT2D eigenvalue weighted by atomic mass is 19.4. The number of benzene rings is 2. The fourth-order valence-electron chi connectivity index (χ4n) is 4.58. The summed E-state index contributed by atoms with van der Waals surface area (Å²) in [6, 6.07) is 25.5. The third-order valence-electron chi connectivity index (χ3n) is 6.32. The normalized spacial score (nSPS) is 11.6. The summed E-state index contributed by atoms with van der Waals surface area (Å²) in [5.74, 6) is 0. The molecule has 0 aliphatic heterocycles. The van der Waals surface area contributed by atoms with Crippen LogP contribution in [0.25, 0.3) is 45.0 Å². The third-order valence-corrected chi connectivity index (χ3v) is 6.32. The number of aryl methyl sites for hydroxylation is 1. The van der Waals surface area contributed by atoms with Gasteiger partial charge in [0.2, 0.25) is 0 Å². The summed E-state index contributed by atoms with van der Waals surface area (Å²) in [4.78, 5) is 9.43. The van der Waals surface area contributed by atoms with Crippen molar-refractivity contribution in [1.29, 1.82) is 0 Å². The Hall–Kier alpha value is -5.05. The maximum atomic E-state index is 13.3. The van der Waals surface area contributed by atoms with Crippen LogP contribution in [0, 0.1) is 6.92 Å². The van der Waals surface area contributed by atoms with Gasteiger partial charge in [-0.3, -0.25) is 9.97 Å². The molecule has 0 saturated heterocycles.